The van der Waals surface area contributed by atoms with Gasteiger partial charge in [0.1, 0.15) is 10.8 Å². The van der Waals surface area contributed by atoms with Crippen LogP contribution in [0.4, 0.5) is 5.69 Å². The van der Waals surface area contributed by atoms with Gasteiger partial charge in [0.05, 0.1) is 19.0 Å². The van der Waals surface area contributed by atoms with Crippen LogP contribution in [0.2, 0.25) is 5.02 Å². The second-order valence-electron chi connectivity index (χ2n) is 5.98. The number of H-pyrrole nitrogens is 1. The fourth-order valence-corrected chi connectivity index (χ4v) is 3.22. The number of nitrogens with one attached hydrogen (secondary N) is 1. The van der Waals surface area contributed by atoms with Crippen molar-refractivity contribution in [3.8, 4) is 5.75 Å². The molecule has 7 heteroatoms. The molecule has 0 unspecified atom stereocenters. The summed E-state index contributed by atoms with van der Waals surface area (Å²) in [7, 11) is 1.70. The van der Waals surface area contributed by atoms with Gasteiger partial charge in [0, 0.05) is 38.3 Å². The highest BCUT2D eigenvalue weighted by Crippen LogP contribution is 2.24. The topological polar surface area (TPSA) is 61.5 Å². The van der Waals surface area contributed by atoms with Crippen molar-refractivity contribution in [1.29, 1.82) is 0 Å². The molecule has 1 saturated heterocycles. The number of aromatic nitrogens is 2. The average Bonchev–Trinajstić information content (AvgIpc) is 2.58. The number of ether oxygens (including phenoxy) is 1. The van der Waals surface area contributed by atoms with Crippen LogP contribution < -0.4 is 15.2 Å². The van der Waals surface area contributed by atoms with E-state index >= 15 is 0 Å². The zero-order chi connectivity index (χ0) is 17.1. The number of nitrogens with zero attached hydrogens (tertiary/aromatic N) is 3. The van der Waals surface area contributed by atoms with Crippen molar-refractivity contribution in [3.63, 3.8) is 0 Å². The van der Waals surface area contributed by atoms with Crippen LogP contribution >= 0.6 is 11.6 Å². The standard InChI is InChI=1S/C17H21ClN4O2/c1-12-3-4-15(24-2)13(9-12)11-21-5-7-22(8-6-21)14-10-19-20-17(23)16(14)18/h3-4,9-10H,5-8,11H2,1-2H3,(H,20,23). The smallest absolute Gasteiger partial charge is 0.285 e. The fourth-order valence-electron chi connectivity index (χ4n) is 3.01. The van der Waals surface area contributed by atoms with E-state index < -0.39 is 0 Å². The Hall–Kier alpha value is -2.05. The summed E-state index contributed by atoms with van der Waals surface area (Å²) in [6.45, 7) is 6.32. The molecule has 1 aliphatic rings. The summed E-state index contributed by atoms with van der Waals surface area (Å²) in [5.41, 5.74) is 2.78. The van der Waals surface area contributed by atoms with Gasteiger partial charge in [-0.25, -0.2) is 5.10 Å². The molecule has 2 aromatic rings. The molecule has 128 valence electrons. The molecule has 1 aromatic heterocycles. The number of methoxy groups -OCH3 is 1. The van der Waals surface area contributed by atoms with Gasteiger partial charge in [-0.2, -0.15) is 5.10 Å². The maximum Gasteiger partial charge on any atom is 0.285 e. The van der Waals surface area contributed by atoms with Crippen molar-refractivity contribution < 1.29 is 4.74 Å². The van der Waals surface area contributed by atoms with Crippen LogP contribution in [-0.4, -0.2) is 48.4 Å². The van der Waals surface area contributed by atoms with E-state index in [1.807, 2.05) is 6.07 Å². The third-order valence-electron chi connectivity index (χ3n) is 4.32. The molecular formula is C17H21ClN4O2. The van der Waals surface area contributed by atoms with E-state index in [1.54, 1.807) is 13.3 Å². The minimum Gasteiger partial charge on any atom is -0.496 e. The van der Waals surface area contributed by atoms with Crippen LogP contribution in [0.25, 0.3) is 0 Å². The molecule has 2 heterocycles. The first-order valence-corrected chi connectivity index (χ1v) is 8.30. The minimum atomic E-state index is -0.346. The van der Waals surface area contributed by atoms with Crippen LogP contribution in [0, 0.1) is 6.92 Å². The first kappa shape index (κ1) is 16.8. The van der Waals surface area contributed by atoms with Gasteiger partial charge < -0.3 is 9.64 Å². The maximum absolute atomic E-state index is 11.6. The van der Waals surface area contributed by atoms with Crippen molar-refractivity contribution in [3.05, 3.63) is 50.9 Å². The Morgan fingerprint density at radius 2 is 2.04 bits per heavy atom. The zero-order valence-electron chi connectivity index (χ0n) is 13.9. The average molecular weight is 349 g/mol. The molecular weight excluding hydrogens is 328 g/mol. The molecule has 0 atom stereocenters. The van der Waals surface area contributed by atoms with Crippen LogP contribution in [0.15, 0.2) is 29.2 Å². The fraction of sp³-hybridized carbons (Fsp3) is 0.412. The lowest BCUT2D eigenvalue weighted by atomic mass is 10.1. The Morgan fingerprint density at radius 1 is 1.29 bits per heavy atom. The number of aryl methyl sites for hydroxylation is 1. The molecule has 1 N–H and O–H groups in total. The van der Waals surface area contributed by atoms with Crippen molar-refractivity contribution in [2.24, 2.45) is 0 Å². The van der Waals surface area contributed by atoms with Crippen LogP contribution in [-0.2, 0) is 6.54 Å². The molecule has 0 saturated carbocycles. The molecule has 1 fully saturated rings. The van der Waals surface area contributed by atoms with Gasteiger partial charge >= 0.3 is 0 Å². The summed E-state index contributed by atoms with van der Waals surface area (Å²) in [6.07, 6.45) is 1.61. The molecule has 0 amide bonds. The van der Waals surface area contributed by atoms with Crippen molar-refractivity contribution in [1.82, 2.24) is 15.1 Å². The lowest BCUT2D eigenvalue weighted by Gasteiger charge is -2.36. The van der Waals surface area contributed by atoms with Crippen molar-refractivity contribution >= 4 is 17.3 Å². The van der Waals surface area contributed by atoms with E-state index in [0.29, 0.717) is 5.69 Å². The summed E-state index contributed by atoms with van der Waals surface area (Å²) in [5.74, 6) is 0.921. The molecule has 0 spiro atoms. The summed E-state index contributed by atoms with van der Waals surface area (Å²) in [5, 5.41) is 6.40. The predicted octanol–water partition coefficient (Wildman–Crippen LogP) is 2.06. The molecule has 0 aliphatic carbocycles. The summed E-state index contributed by atoms with van der Waals surface area (Å²) in [4.78, 5) is 16.1. The minimum absolute atomic E-state index is 0.207. The number of anilines is 1. The Bertz CT molecular complexity index is 769. The Morgan fingerprint density at radius 3 is 2.75 bits per heavy atom. The van der Waals surface area contributed by atoms with Crippen molar-refractivity contribution in [2.75, 3.05) is 38.2 Å². The SMILES string of the molecule is COc1ccc(C)cc1CN1CCN(c2cn[nH]c(=O)c2Cl)CC1. The highest BCUT2D eigenvalue weighted by atomic mass is 35.5. The second kappa shape index (κ2) is 7.23. The normalized spacial score (nSPS) is 15.5. The summed E-state index contributed by atoms with van der Waals surface area (Å²) < 4.78 is 5.46. The van der Waals surface area contributed by atoms with E-state index in [9.17, 15) is 4.79 Å². The first-order chi connectivity index (χ1) is 11.6. The number of halogens is 1. The lowest BCUT2D eigenvalue weighted by molar-refractivity contribution is 0.246. The van der Waals surface area contributed by atoms with Gasteiger partial charge in [-0.3, -0.25) is 9.69 Å². The number of benzene rings is 1. The first-order valence-electron chi connectivity index (χ1n) is 7.92. The Balaban J connectivity index is 1.66. The maximum atomic E-state index is 11.6. The quantitative estimate of drug-likeness (QED) is 0.916. The summed E-state index contributed by atoms with van der Waals surface area (Å²) >= 11 is 6.09. The Labute approximate surface area is 146 Å². The Kier molecular flexibility index (Phi) is 5.06. The molecule has 0 bridgehead atoms. The number of hydrogen-bond acceptors (Lipinski definition) is 5. The molecule has 24 heavy (non-hydrogen) atoms. The van der Waals surface area contributed by atoms with Crippen LogP contribution in [0.1, 0.15) is 11.1 Å². The third kappa shape index (κ3) is 3.55. The molecule has 6 nitrogen and oxygen atoms in total. The number of rotatable bonds is 4. The number of aromatic amines is 1. The van der Waals surface area contributed by atoms with Gasteiger partial charge in [-0.15, -0.1) is 0 Å². The van der Waals surface area contributed by atoms with Gasteiger partial charge in [0.2, 0.25) is 0 Å². The van der Waals surface area contributed by atoms with E-state index in [1.165, 1.54) is 11.1 Å². The zero-order valence-corrected chi connectivity index (χ0v) is 14.6. The molecule has 1 aromatic carbocycles. The van der Waals surface area contributed by atoms with Gasteiger partial charge in [-0.1, -0.05) is 29.3 Å². The number of hydrogen-bond donors (Lipinski definition) is 1. The lowest BCUT2D eigenvalue weighted by Crippen LogP contribution is -2.46. The highest BCUT2D eigenvalue weighted by Gasteiger charge is 2.21. The van der Waals surface area contributed by atoms with Gasteiger partial charge in [0.15, 0.2) is 0 Å². The molecule has 3 rings (SSSR count). The molecule has 1 aliphatic heterocycles. The largest absolute Gasteiger partial charge is 0.496 e. The van der Waals surface area contributed by atoms with E-state index in [4.69, 9.17) is 16.3 Å². The molecule has 0 radical (unpaired) electrons. The van der Waals surface area contributed by atoms with Gasteiger partial charge in [0.25, 0.3) is 5.56 Å². The third-order valence-corrected chi connectivity index (χ3v) is 4.69. The van der Waals surface area contributed by atoms with Crippen LogP contribution in [0.3, 0.4) is 0 Å². The predicted molar refractivity (Wildman–Crippen MR) is 95.1 cm³/mol. The summed E-state index contributed by atoms with van der Waals surface area (Å²) in [6, 6.07) is 6.24. The van der Waals surface area contributed by atoms with E-state index in [2.05, 4.69) is 39.1 Å². The second-order valence-corrected chi connectivity index (χ2v) is 6.35. The number of piperazine rings is 1. The van der Waals surface area contributed by atoms with Crippen molar-refractivity contribution in [2.45, 2.75) is 13.5 Å². The van der Waals surface area contributed by atoms with E-state index in [-0.39, 0.29) is 10.6 Å². The van der Waals surface area contributed by atoms with E-state index in [0.717, 1.165) is 38.5 Å². The van der Waals surface area contributed by atoms with Crippen LogP contribution in [0.5, 0.6) is 5.75 Å². The highest BCUT2D eigenvalue weighted by molar-refractivity contribution is 6.32. The monoisotopic (exact) mass is 348 g/mol. The van der Waals surface area contributed by atoms with Gasteiger partial charge in [-0.05, 0) is 13.0 Å².